The summed E-state index contributed by atoms with van der Waals surface area (Å²) in [5.41, 5.74) is 9.83. The molecule has 19 heteroatoms. The number of phenolic OH excluding ortho intramolecular Hbond substituents is 1. The number of aromatic amines is 3. The molecule has 3 atom stereocenters. The van der Waals surface area contributed by atoms with Gasteiger partial charge in [-0.05, 0) is 95.7 Å². The number of H-pyrrole nitrogens is 3. The average molecular weight is 1030 g/mol. The molecule has 0 saturated carbocycles. The zero-order valence-electron chi connectivity index (χ0n) is 40.6. The Morgan fingerprint density at radius 1 is 0.623 bits per heavy atom. The van der Waals surface area contributed by atoms with Crippen LogP contribution in [0.3, 0.4) is 0 Å². The third-order valence-electron chi connectivity index (χ3n) is 11.9. The quantitative estimate of drug-likeness (QED) is 0.0631. The second-order valence-corrected chi connectivity index (χ2v) is 20.4. The van der Waals surface area contributed by atoms with Crippen molar-refractivity contribution in [2.24, 2.45) is 0 Å². The molecule has 69 heavy (non-hydrogen) atoms. The van der Waals surface area contributed by atoms with Crippen LogP contribution in [0.25, 0.3) is 32.7 Å². The number of carbonyl (C=O) groups is 4. The number of nitrogens with one attached hydrogen (secondary N) is 4. The first-order valence-electron chi connectivity index (χ1n) is 22.4. The normalized spacial score (nSPS) is 16.9. The van der Waals surface area contributed by atoms with E-state index in [1.165, 1.54) is 19.4 Å². The summed E-state index contributed by atoms with van der Waals surface area (Å²) < 4.78 is 21.7. The molecular formula is C50H60Cl4N6O9. The number of aryl methyl sites for hydroxylation is 3. The van der Waals surface area contributed by atoms with Crippen molar-refractivity contribution in [2.75, 3.05) is 52.4 Å². The third-order valence-corrected chi connectivity index (χ3v) is 13.0. The molecule has 0 spiro atoms. The number of hydrogen-bond acceptors (Lipinski definition) is 10. The zero-order chi connectivity index (χ0) is 49.7. The van der Waals surface area contributed by atoms with Crippen LogP contribution >= 0.6 is 47.2 Å². The van der Waals surface area contributed by atoms with Crippen molar-refractivity contribution in [3.63, 3.8) is 0 Å². The lowest BCUT2D eigenvalue weighted by Crippen LogP contribution is -2.36. The number of alkyl halides is 3. The second kappa shape index (κ2) is 20.5. The first-order chi connectivity index (χ1) is 32.0. The molecule has 0 saturated heterocycles. The second-order valence-electron chi connectivity index (χ2n) is 19.4. The summed E-state index contributed by atoms with van der Waals surface area (Å²) in [7, 11) is 0. The number of fused-ring (bicyclic) bond motifs is 9. The van der Waals surface area contributed by atoms with E-state index in [4.69, 9.17) is 53.8 Å². The van der Waals surface area contributed by atoms with Crippen molar-refractivity contribution in [3.05, 3.63) is 70.2 Å². The summed E-state index contributed by atoms with van der Waals surface area (Å²) in [5, 5.41) is 16.6. The van der Waals surface area contributed by atoms with Gasteiger partial charge in [-0.1, -0.05) is 0 Å². The van der Waals surface area contributed by atoms with Crippen molar-refractivity contribution in [3.8, 4) is 17.2 Å². The minimum atomic E-state index is -0.608. The van der Waals surface area contributed by atoms with Crippen LogP contribution < -0.4 is 24.6 Å². The minimum Gasteiger partial charge on any atom is -0.506 e. The molecule has 15 nitrogen and oxygen atoms in total. The van der Waals surface area contributed by atoms with Crippen LogP contribution in [0.15, 0.2) is 36.8 Å². The van der Waals surface area contributed by atoms with Crippen LogP contribution in [-0.4, -0.2) is 92.7 Å². The third kappa shape index (κ3) is 10.7. The summed E-state index contributed by atoms with van der Waals surface area (Å²) in [6, 6.07) is 5.21. The van der Waals surface area contributed by atoms with Gasteiger partial charge < -0.3 is 44.3 Å². The van der Waals surface area contributed by atoms with Crippen LogP contribution in [0.4, 0.5) is 26.7 Å². The van der Waals surface area contributed by atoms with Crippen LogP contribution in [0.2, 0.25) is 0 Å². The van der Waals surface area contributed by atoms with Gasteiger partial charge in [0.15, 0.2) is 11.5 Å². The van der Waals surface area contributed by atoms with E-state index in [0.717, 1.165) is 67.2 Å². The number of phenols is 1. The predicted octanol–water partition coefficient (Wildman–Crippen LogP) is 12.3. The smallest absolute Gasteiger partial charge is 0.414 e. The number of rotatable bonds is 5. The van der Waals surface area contributed by atoms with E-state index >= 15 is 0 Å². The summed E-state index contributed by atoms with van der Waals surface area (Å²) >= 11 is 18.4. The lowest BCUT2D eigenvalue weighted by molar-refractivity contribution is -0.132. The molecule has 3 aromatic heterocycles. The topological polar surface area (TPSA) is 191 Å². The maximum atomic E-state index is 12.7. The lowest BCUT2D eigenvalue weighted by atomic mass is 9.97. The van der Waals surface area contributed by atoms with Gasteiger partial charge in [0, 0.05) is 128 Å². The summed E-state index contributed by atoms with van der Waals surface area (Å²) in [4.78, 5) is 60.6. The minimum absolute atomic E-state index is 0. The van der Waals surface area contributed by atoms with Crippen LogP contribution in [-0.2, 0) is 19.1 Å². The molecule has 9 rings (SSSR count). The lowest BCUT2D eigenvalue weighted by Gasteiger charge is -2.25. The van der Waals surface area contributed by atoms with Gasteiger partial charge in [0.25, 0.3) is 0 Å². The molecule has 0 bridgehead atoms. The fraction of sp³-hybridized carbons (Fsp3) is 0.440. The Labute approximate surface area is 422 Å². The summed E-state index contributed by atoms with van der Waals surface area (Å²) in [6.07, 6.45) is 4.79. The Balaban J connectivity index is 0.000000171. The maximum Gasteiger partial charge on any atom is 0.414 e. The zero-order valence-corrected chi connectivity index (χ0v) is 43.7. The van der Waals surface area contributed by atoms with E-state index in [2.05, 4.69) is 20.3 Å². The number of nitrogens with zero attached hydrogens (tertiary/aromatic N) is 2. The number of ether oxygens (including phenoxy) is 4. The van der Waals surface area contributed by atoms with E-state index in [1.807, 2.05) is 87.0 Å². The Morgan fingerprint density at radius 3 is 1.43 bits per heavy atom. The van der Waals surface area contributed by atoms with Crippen molar-refractivity contribution in [1.82, 2.24) is 15.0 Å². The maximum absolute atomic E-state index is 12.7. The van der Waals surface area contributed by atoms with E-state index in [0.29, 0.717) is 65.0 Å². The number of benzene rings is 3. The Hall–Kier alpha value is -5.48. The number of aromatic nitrogens is 3. The van der Waals surface area contributed by atoms with Gasteiger partial charge >= 0.3 is 24.1 Å². The van der Waals surface area contributed by atoms with Crippen molar-refractivity contribution in [2.45, 2.75) is 105 Å². The number of aromatic hydroxyl groups is 1. The molecule has 2 amide bonds. The summed E-state index contributed by atoms with van der Waals surface area (Å²) in [6.45, 7) is 21.4. The molecular weight excluding hydrogens is 970 g/mol. The summed E-state index contributed by atoms with van der Waals surface area (Å²) in [5.74, 6) is 1.97. The highest BCUT2D eigenvalue weighted by molar-refractivity contribution is 6.20. The number of amides is 2. The van der Waals surface area contributed by atoms with E-state index in [-0.39, 0.29) is 36.0 Å². The molecule has 372 valence electrons. The van der Waals surface area contributed by atoms with Gasteiger partial charge in [0.05, 0.1) is 27.9 Å². The van der Waals surface area contributed by atoms with Crippen LogP contribution in [0.5, 0.6) is 17.2 Å². The molecule has 6 heterocycles. The monoisotopic (exact) mass is 1030 g/mol. The Morgan fingerprint density at radius 2 is 1.01 bits per heavy atom. The van der Waals surface area contributed by atoms with Gasteiger partial charge in [0.1, 0.15) is 17.0 Å². The van der Waals surface area contributed by atoms with Gasteiger partial charge in [-0.25, -0.2) is 9.59 Å². The molecule has 0 radical (unpaired) electrons. The molecule has 0 aliphatic carbocycles. The first-order valence-corrected chi connectivity index (χ1v) is 24.0. The Kier molecular flexibility index (Phi) is 15.7. The molecule has 3 aromatic carbocycles. The SMILES string of the molecule is CC(=O)Oc1cc2c(c3c(C)c[nH]c13)[C@H](CCl)CN2.CC(=O)Oc1cc2c(c3c(C)c[nH]c13)[C@H](CCl)CN2C(=O)OC(C)(C)C.Cc1c[nH]c2c(O)cc3c(c12)[C@H](CCl)CN3C(=O)OC(C)(C)C.Cl. The van der Waals surface area contributed by atoms with Crippen molar-refractivity contribution < 1.29 is 43.2 Å². The molecule has 0 unspecified atom stereocenters. The van der Waals surface area contributed by atoms with E-state index < -0.39 is 29.4 Å². The molecule has 6 aromatic rings. The molecule has 3 aliphatic rings. The largest absolute Gasteiger partial charge is 0.506 e. The fourth-order valence-corrected chi connectivity index (χ4v) is 10.0. The van der Waals surface area contributed by atoms with Crippen LogP contribution in [0.1, 0.15) is 107 Å². The average Bonchev–Trinajstić information content (AvgIpc) is 4.10. The highest BCUT2D eigenvalue weighted by Crippen LogP contribution is 2.49. The number of anilines is 3. The molecule has 5 N–H and O–H groups in total. The van der Waals surface area contributed by atoms with Gasteiger partial charge in [-0.2, -0.15) is 0 Å². The number of carbonyl (C=O) groups excluding carboxylic acids is 4. The van der Waals surface area contributed by atoms with Crippen LogP contribution in [0, 0.1) is 20.8 Å². The van der Waals surface area contributed by atoms with Gasteiger partial charge in [-0.3, -0.25) is 19.4 Å². The molecule has 0 fully saturated rings. The van der Waals surface area contributed by atoms with Gasteiger partial charge in [-0.15, -0.1) is 47.2 Å². The molecule has 3 aliphatic heterocycles. The number of hydrogen-bond donors (Lipinski definition) is 5. The van der Waals surface area contributed by atoms with E-state index in [9.17, 15) is 24.3 Å². The highest BCUT2D eigenvalue weighted by Gasteiger charge is 2.39. The van der Waals surface area contributed by atoms with Crippen molar-refractivity contribution >= 4 is 121 Å². The van der Waals surface area contributed by atoms with Crippen molar-refractivity contribution in [1.29, 1.82) is 0 Å². The van der Waals surface area contributed by atoms with Gasteiger partial charge in [0.2, 0.25) is 0 Å². The van der Waals surface area contributed by atoms with E-state index in [1.54, 1.807) is 21.9 Å². The number of halogens is 4. The first kappa shape index (κ1) is 52.9. The number of esters is 2. The highest BCUT2D eigenvalue weighted by atomic mass is 35.5. The Bertz CT molecular complexity index is 2950. The predicted molar refractivity (Wildman–Crippen MR) is 277 cm³/mol. The standard InChI is InChI=1S/C19H23ClN2O4.C17H21ClN2O3.C14H15ClN2O2.ClH/c1-10-8-21-17-14(25-11(2)23)6-13-16(15(10)17)12(7-20)9-22(13)18(24)26-19(3,4)5;1-9-7-19-15-12(21)5-11-14(13(9)15)10(6-18)8-20(11)16(22)23-17(2,3)4;1-7-5-17-14-11(19-8(2)18)3-10-13(12(7)14)9(4-15)6-16-10;/h6,8,12,21H,7,9H2,1-5H3;5,7,10,19,21H,6,8H2,1-4H3;3,5,9,16-17H,4,6H2,1-2H3;1H/t12-;10-;9-;/m111./s1. The fourth-order valence-electron chi connectivity index (χ4n) is 9.26.